The number of likely N-dealkylation sites (tertiary alicyclic amines) is 1. The van der Waals surface area contributed by atoms with Gasteiger partial charge in [0, 0.05) is 31.7 Å². The Hall–Kier alpha value is -1.88. The molecule has 5 heteroatoms. The second-order valence-electron chi connectivity index (χ2n) is 7.07. The molecule has 1 aromatic rings. The highest BCUT2D eigenvalue weighted by Crippen LogP contribution is 2.28. The summed E-state index contributed by atoms with van der Waals surface area (Å²) in [6, 6.07) is 7.93. The number of piperidine rings is 1. The Morgan fingerprint density at radius 3 is 2.50 bits per heavy atom. The van der Waals surface area contributed by atoms with Crippen LogP contribution in [0.3, 0.4) is 0 Å². The lowest BCUT2D eigenvalue weighted by Crippen LogP contribution is -2.43. The molecule has 0 radical (unpaired) electrons. The number of carbonyl (C=O) groups is 2. The van der Waals surface area contributed by atoms with E-state index < -0.39 is 0 Å². The van der Waals surface area contributed by atoms with Gasteiger partial charge in [-0.15, -0.1) is 0 Å². The fourth-order valence-corrected chi connectivity index (χ4v) is 3.75. The molecular formula is C19H27N3O2. The van der Waals surface area contributed by atoms with Gasteiger partial charge in [-0.25, -0.2) is 0 Å². The minimum Gasteiger partial charge on any atom is -0.342 e. The Balaban J connectivity index is 1.59. The van der Waals surface area contributed by atoms with Gasteiger partial charge in [0.05, 0.1) is 5.92 Å². The molecule has 1 unspecified atom stereocenters. The first kappa shape index (κ1) is 17.0. The number of nitrogens with one attached hydrogen (secondary N) is 1. The van der Waals surface area contributed by atoms with Crippen molar-refractivity contribution < 1.29 is 9.59 Å². The summed E-state index contributed by atoms with van der Waals surface area (Å²) in [6.45, 7) is 5.20. The zero-order valence-corrected chi connectivity index (χ0v) is 14.6. The van der Waals surface area contributed by atoms with E-state index in [1.165, 1.54) is 5.56 Å². The second kappa shape index (κ2) is 7.34. The Bertz CT molecular complexity index is 591. The average Bonchev–Trinajstić information content (AvgIpc) is 2.98. The Kier molecular flexibility index (Phi) is 5.19. The smallest absolute Gasteiger partial charge is 0.228 e. The first-order chi connectivity index (χ1) is 11.6. The normalized spacial score (nSPS) is 22.2. The van der Waals surface area contributed by atoms with Crippen molar-refractivity contribution in [3.05, 3.63) is 29.8 Å². The van der Waals surface area contributed by atoms with Crippen LogP contribution in [0, 0.1) is 18.8 Å². The molecule has 0 aromatic heterocycles. The van der Waals surface area contributed by atoms with Crippen molar-refractivity contribution in [2.45, 2.75) is 26.2 Å². The summed E-state index contributed by atoms with van der Waals surface area (Å²) in [5, 5.41) is 3.22. The summed E-state index contributed by atoms with van der Waals surface area (Å²) in [6.07, 6.45) is 2.44. The molecule has 1 atom stereocenters. The van der Waals surface area contributed by atoms with Crippen molar-refractivity contribution in [3.8, 4) is 0 Å². The standard InChI is InChI=1S/C19H27N3O2/c1-14-3-5-17(6-4-14)22-13-16(11-18(22)23)19(24)21-9-7-15(8-10-21)12-20-2/h3-6,15-16,20H,7-13H2,1-2H3. The number of nitrogens with zero attached hydrogens (tertiary/aromatic N) is 2. The van der Waals surface area contributed by atoms with Gasteiger partial charge in [-0.05, 0) is 51.4 Å². The van der Waals surface area contributed by atoms with E-state index in [0.717, 1.165) is 38.2 Å². The van der Waals surface area contributed by atoms with Crippen molar-refractivity contribution in [1.29, 1.82) is 0 Å². The van der Waals surface area contributed by atoms with Gasteiger partial charge in [-0.2, -0.15) is 0 Å². The van der Waals surface area contributed by atoms with E-state index in [0.29, 0.717) is 18.9 Å². The van der Waals surface area contributed by atoms with Gasteiger partial charge in [-0.3, -0.25) is 9.59 Å². The number of aryl methyl sites for hydroxylation is 1. The number of carbonyl (C=O) groups excluding carboxylic acids is 2. The van der Waals surface area contributed by atoms with Gasteiger partial charge in [0.15, 0.2) is 0 Å². The van der Waals surface area contributed by atoms with Crippen LogP contribution >= 0.6 is 0 Å². The largest absolute Gasteiger partial charge is 0.342 e. The maximum atomic E-state index is 12.8. The van der Waals surface area contributed by atoms with Crippen molar-refractivity contribution in [3.63, 3.8) is 0 Å². The molecule has 1 N–H and O–H groups in total. The number of hydrogen-bond donors (Lipinski definition) is 1. The van der Waals surface area contributed by atoms with Gasteiger partial charge in [0.1, 0.15) is 0 Å². The maximum absolute atomic E-state index is 12.8. The number of benzene rings is 1. The fraction of sp³-hybridized carbons (Fsp3) is 0.579. The van der Waals surface area contributed by atoms with Crippen LogP contribution in [0.1, 0.15) is 24.8 Å². The lowest BCUT2D eigenvalue weighted by atomic mass is 9.95. The van der Waals surface area contributed by atoms with Crippen LogP contribution in [0.15, 0.2) is 24.3 Å². The second-order valence-corrected chi connectivity index (χ2v) is 7.07. The summed E-state index contributed by atoms with van der Waals surface area (Å²) in [4.78, 5) is 28.8. The van der Waals surface area contributed by atoms with Crippen LogP contribution in [0.2, 0.25) is 0 Å². The van der Waals surface area contributed by atoms with E-state index in [1.54, 1.807) is 4.90 Å². The van der Waals surface area contributed by atoms with Gasteiger partial charge >= 0.3 is 0 Å². The zero-order chi connectivity index (χ0) is 17.1. The van der Waals surface area contributed by atoms with Crippen LogP contribution < -0.4 is 10.2 Å². The van der Waals surface area contributed by atoms with Crippen LogP contribution in [0.25, 0.3) is 0 Å². The van der Waals surface area contributed by atoms with Crippen LogP contribution in [-0.4, -0.2) is 49.9 Å². The molecule has 0 aliphatic carbocycles. The van der Waals surface area contributed by atoms with Crippen molar-refractivity contribution >= 4 is 17.5 Å². The van der Waals surface area contributed by atoms with Crippen LogP contribution in [-0.2, 0) is 9.59 Å². The molecule has 0 saturated carbocycles. The number of rotatable bonds is 4. The third-order valence-electron chi connectivity index (χ3n) is 5.24. The zero-order valence-electron chi connectivity index (χ0n) is 14.6. The molecule has 24 heavy (non-hydrogen) atoms. The first-order valence-corrected chi connectivity index (χ1v) is 8.89. The first-order valence-electron chi connectivity index (χ1n) is 8.89. The van der Waals surface area contributed by atoms with Gasteiger partial charge in [0.25, 0.3) is 0 Å². The molecule has 2 heterocycles. The molecule has 2 saturated heterocycles. The number of amides is 2. The number of hydrogen-bond acceptors (Lipinski definition) is 3. The molecular weight excluding hydrogens is 302 g/mol. The third kappa shape index (κ3) is 3.61. The minimum atomic E-state index is -0.195. The van der Waals surface area contributed by atoms with E-state index >= 15 is 0 Å². The molecule has 2 aliphatic heterocycles. The molecule has 1 aromatic carbocycles. The molecule has 0 spiro atoms. The molecule has 2 fully saturated rings. The highest BCUT2D eigenvalue weighted by Gasteiger charge is 2.37. The summed E-state index contributed by atoms with van der Waals surface area (Å²) in [7, 11) is 1.97. The predicted octanol–water partition coefficient (Wildman–Crippen LogP) is 1.81. The molecule has 3 rings (SSSR count). The molecule has 5 nitrogen and oxygen atoms in total. The molecule has 2 amide bonds. The van der Waals surface area contributed by atoms with Crippen molar-refractivity contribution in [2.75, 3.05) is 38.1 Å². The van der Waals surface area contributed by atoms with Gasteiger partial charge < -0.3 is 15.1 Å². The molecule has 130 valence electrons. The number of anilines is 1. The summed E-state index contributed by atoms with van der Waals surface area (Å²) < 4.78 is 0. The monoisotopic (exact) mass is 329 g/mol. The molecule has 0 bridgehead atoms. The van der Waals surface area contributed by atoms with E-state index in [2.05, 4.69) is 5.32 Å². The highest BCUT2D eigenvalue weighted by molar-refractivity contribution is 6.00. The Morgan fingerprint density at radius 1 is 1.21 bits per heavy atom. The lowest BCUT2D eigenvalue weighted by molar-refractivity contribution is -0.137. The highest BCUT2D eigenvalue weighted by atomic mass is 16.2. The summed E-state index contributed by atoms with van der Waals surface area (Å²) in [5.74, 6) is 0.677. The molecule has 2 aliphatic rings. The van der Waals surface area contributed by atoms with Gasteiger partial charge in [0.2, 0.25) is 11.8 Å². The SMILES string of the molecule is CNCC1CCN(C(=O)C2CC(=O)N(c3ccc(C)cc3)C2)CC1. The maximum Gasteiger partial charge on any atom is 0.228 e. The van der Waals surface area contributed by atoms with Crippen molar-refractivity contribution in [2.24, 2.45) is 11.8 Å². The van der Waals surface area contributed by atoms with E-state index in [4.69, 9.17) is 0 Å². The summed E-state index contributed by atoms with van der Waals surface area (Å²) >= 11 is 0. The Labute approximate surface area is 144 Å². The van der Waals surface area contributed by atoms with Crippen molar-refractivity contribution in [1.82, 2.24) is 10.2 Å². The summed E-state index contributed by atoms with van der Waals surface area (Å²) in [5.41, 5.74) is 2.07. The topological polar surface area (TPSA) is 52.7 Å². The van der Waals surface area contributed by atoms with E-state index in [9.17, 15) is 9.59 Å². The van der Waals surface area contributed by atoms with E-state index in [-0.39, 0.29) is 17.7 Å². The van der Waals surface area contributed by atoms with E-state index in [1.807, 2.05) is 43.1 Å². The lowest BCUT2D eigenvalue weighted by Gasteiger charge is -2.33. The predicted molar refractivity (Wildman–Crippen MR) is 94.9 cm³/mol. The average molecular weight is 329 g/mol. The fourth-order valence-electron chi connectivity index (χ4n) is 3.75. The quantitative estimate of drug-likeness (QED) is 0.916. The Morgan fingerprint density at radius 2 is 1.88 bits per heavy atom. The van der Waals surface area contributed by atoms with Crippen LogP contribution in [0.5, 0.6) is 0 Å². The van der Waals surface area contributed by atoms with Crippen LogP contribution in [0.4, 0.5) is 5.69 Å². The third-order valence-corrected chi connectivity index (χ3v) is 5.24. The minimum absolute atomic E-state index is 0.0577. The van der Waals surface area contributed by atoms with Gasteiger partial charge in [-0.1, -0.05) is 17.7 Å².